The second-order valence-corrected chi connectivity index (χ2v) is 4.84. The lowest BCUT2D eigenvalue weighted by atomic mass is 9.93. The summed E-state index contributed by atoms with van der Waals surface area (Å²) in [6, 6.07) is 7.49. The predicted octanol–water partition coefficient (Wildman–Crippen LogP) is 2.45. The Morgan fingerprint density at radius 2 is 2.05 bits per heavy atom. The number of rotatable bonds is 5. The molecule has 0 spiro atoms. The summed E-state index contributed by atoms with van der Waals surface area (Å²) in [5.74, 6) is -0.136. The highest BCUT2D eigenvalue weighted by Crippen LogP contribution is 2.20. The molecule has 1 amide bonds. The van der Waals surface area contributed by atoms with Crippen LogP contribution in [-0.4, -0.2) is 28.1 Å². The maximum absolute atomic E-state index is 12.4. The summed E-state index contributed by atoms with van der Waals surface area (Å²) in [5.41, 5.74) is 1.05. The van der Waals surface area contributed by atoms with E-state index in [1.807, 2.05) is 38.2 Å². The molecule has 2 aromatic rings. The van der Waals surface area contributed by atoms with Gasteiger partial charge in [0.15, 0.2) is 0 Å². The van der Waals surface area contributed by atoms with Crippen molar-refractivity contribution in [2.45, 2.75) is 32.2 Å². The second kappa shape index (κ2) is 5.45. The molecular weight excluding hydrogens is 240 g/mol. The van der Waals surface area contributed by atoms with Crippen LogP contribution in [-0.2, 0) is 0 Å². The molecule has 1 aromatic carbocycles. The van der Waals surface area contributed by atoms with Gasteiger partial charge in [0.1, 0.15) is 0 Å². The number of amides is 1. The van der Waals surface area contributed by atoms with Crippen LogP contribution in [0.15, 0.2) is 30.5 Å². The number of hydrogen-bond donors (Lipinski definition) is 3. The van der Waals surface area contributed by atoms with Crippen LogP contribution < -0.4 is 5.32 Å². The molecule has 0 saturated heterocycles. The van der Waals surface area contributed by atoms with Gasteiger partial charge in [0.05, 0.1) is 12.1 Å². The first-order chi connectivity index (χ1) is 9.15. The van der Waals surface area contributed by atoms with Crippen LogP contribution in [0.1, 0.15) is 37.0 Å². The molecule has 0 aliphatic rings. The first-order valence-corrected chi connectivity index (χ1v) is 6.65. The minimum Gasteiger partial charge on any atom is -0.394 e. The zero-order valence-electron chi connectivity index (χ0n) is 11.4. The van der Waals surface area contributed by atoms with Crippen LogP contribution in [0.5, 0.6) is 0 Å². The topological polar surface area (TPSA) is 65.1 Å². The molecule has 2 rings (SSSR count). The molecule has 0 radical (unpaired) electrons. The minimum absolute atomic E-state index is 0.0468. The average molecular weight is 260 g/mol. The third-order valence-corrected chi connectivity index (χ3v) is 3.87. The lowest BCUT2D eigenvalue weighted by Crippen LogP contribution is -2.50. The number of nitrogens with one attached hydrogen (secondary N) is 2. The van der Waals surface area contributed by atoms with Gasteiger partial charge in [-0.2, -0.15) is 0 Å². The summed E-state index contributed by atoms with van der Waals surface area (Å²) in [5, 5.41) is 13.4. The Bertz CT molecular complexity index is 562. The Hall–Kier alpha value is -1.81. The highest BCUT2D eigenvalue weighted by molar-refractivity contribution is 6.06. The van der Waals surface area contributed by atoms with E-state index in [4.69, 9.17) is 0 Å². The predicted molar refractivity (Wildman–Crippen MR) is 76.2 cm³/mol. The highest BCUT2D eigenvalue weighted by atomic mass is 16.3. The van der Waals surface area contributed by atoms with E-state index in [9.17, 15) is 9.90 Å². The van der Waals surface area contributed by atoms with Crippen LogP contribution in [0.3, 0.4) is 0 Å². The van der Waals surface area contributed by atoms with E-state index in [0.29, 0.717) is 18.4 Å². The van der Waals surface area contributed by atoms with Gasteiger partial charge in [-0.05, 0) is 31.0 Å². The molecule has 3 N–H and O–H groups in total. The number of aliphatic hydroxyl groups is 1. The molecular formula is C15H20N2O2. The van der Waals surface area contributed by atoms with Crippen molar-refractivity contribution in [3.63, 3.8) is 0 Å². The van der Waals surface area contributed by atoms with E-state index in [1.54, 1.807) is 6.07 Å². The van der Waals surface area contributed by atoms with Crippen molar-refractivity contribution in [1.82, 2.24) is 10.3 Å². The molecule has 0 unspecified atom stereocenters. The molecule has 1 heterocycles. The Kier molecular flexibility index (Phi) is 3.90. The van der Waals surface area contributed by atoms with Gasteiger partial charge >= 0.3 is 0 Å². The molecule has 1 aromatic heterocycles. The van der Waals surface area contributed by atoms with E-state index in [-0.39, 0.29) is 12.5 Å². The normalized spacial score (nSPS) is 11.7. The molecule has 0 bridgehead atoms. The van der Waals surface area contributed by atoms with Gasteiger partial charge in [-0.1, -0.05) is 19.9 Å². The van der Waals surface area contributed by atoms with Gasteiger partial charge in [-0.25, -0.2) is 0 Å². The number of aromatic nitrogens is 1. The highest BCUT2D eigenvalue weighted by Gasteiger charge is 2.28. The molecule has 0 saturated carbocycles. The van der Waals surface area contributed by atoms with Crippen molar-refractivity contribution in [3.05, 3.63) is 36.0 Å². The number of H-pyrrole nitrogens is 1. The average Bonchev–Trinajstić information content (AvgIpc) is 2.93. The fourth-order valence-electron chi connectivity index (χ4n) is 2.28. The Morgan fingerprint density at radius 3 is 2.68 bits per heavy atom. The van der Waals surface area contributed by atoms with Crippen molar-refractivity contribution >= 4 is 16.8 Å². The third kappa shape index (κ3) is 2.49. The fourth-order valence-corrected chi connectivity index (χ4v) is 2.28. The van der Waals surface area contributed by atoms with E-state index in [1.165, 1.54) is 0 Å². The van der Waals surface area contributed by atoms with E-state index < -0.39 is 5.54 Å². The van der Waals surface area contributed by atoms with E-state index in [2.05, 4.69) is 10.3 Å². The summed E-state index contributed by atoms with van der Waals surface area (Å²) in [6.07, 6.45) is 3.23. The van der Waals surface area contributed by atoms with Gasteiger partial charge < -0.3 is 15.4 Å². The smallest absolute Gasteiger partial charge is 0.252 e. The lowest BCUT2D eigenvalue weighted by Gasteiger charge is -2.30. The first kappa shape index (κ1) is 13.6. The van der Waals surface area contributed by atoms with Crippen molar-refractivity contribution in [3.8, 4) is 0 Å². The van der Waals surface area contributed by atoms with Gasteiger partial charge in [-0.15, -0.1) is 0 Å². The van der Waals surface area contributed by atoms with Crippen LogP contribution in [0, 0.1) is 0 Å². The van der Waals surface area contributed by atoms with Gasteiger partial charge in [0.2, 0.25) is 0 Å². The summed E-state index contributed by atoms with van der Waals surface area (Å²) in [6.45, 7) is 3.89. The minimum atomic E-state index is -0.532. The molecule has 102 valence electrons. The molecule has 0 atom stereocenters. The summed E-state index contributed by atoms with van der Waals surface area (Å²) < 4.78 is 0. The molecule has 0 aliphatic carbocycles. The Labute approximate surface area is 112 Å². The van der Waals surface area contributed by atoms with Crippen molar-refractivity contribution in [1.29, 1.82) is 0 Å². The van der Waals surface area contributed by atoms with Gasteiger partial charge in [0, 0.05) is 22.7 Å². The number of aliphatic hydroxyl groups excluding tert-OH is 1. The van der Waals surface area contributed by atoms with Crippen molar-refractivity contribution in [2.24, 2.45) is 0 Å². The molecule has 4 heteroatoms. The quantitative estimate of drug-likeness (QED) is 0.773. The second-order valence-electron chi connectivity index (χ2n) is 4.84. The number of carbonyl (C=O) groups is 1. The Balaban J connectivity index is 2.32. The van der Waals surface area contributed by atoms with Crippen LogP contribution in [0.2, 0.25) is 0 Å². The summed E-state index contributed by atoms with van der Waals surface area (Å²) in [4.78, 5) is 15.5. The van der Waals surface area contributed by atoms with E-state index >= 15 is 0 Å². The number of aromatic amines is 1. The standard InChI is InChI=1S/C15H20N2O2/c1-3-15(4-2,10-18)17-14(19)12-6-5-7-13-11(12)8-9-16-13/h5-9,16,18H,3-4,10H2,1-2H3,(H,17,19). The van der Waals surface area contributed by atoms with Gasteiger partial charge in [0.25, 0.3) is 5.91 Å². The molecule has 0 aliphatic heterocycles. The zero-order chi connectivity index (χ0) is 13.9. The number of hydrogen-bond acceptors (Lipinski definition) is 2. The largest absolute Gasteiger partial charge is 0.394 e. The van der Waals surface area contributed by atoms with Crippen LogP contribution in [0.25, 0.3) is 10.9 Å². The maximum atomic E-state index is 12.4. The van der Waals surface area contributed by atoms with Gasteiger partial charge in [-0.3, -0.25) is 4.79 Å². The van der Waals surface area contributed by atoms with Crippen molar-refractivity contribution < 1.29 is 9.90 Å². The molecule has 4 nitrogen and oxygen atoms in total. The monoisotopic (exact) mass is 260 g/mol. The van der Waals surface area contributed by atoms with Crippen LogP contribution >= 0.6 is 0 Å². The van der Waals surface area contributed by atoms with Crippen molar-refractivity contribution in [2.75, 3.05) is 6.61 Å². The molecule has 19 heavy (non-hydrogen) atoms. The number of fused-ring (bicyclic) bond motifs is 1. The summed E-state index contributed by atoms with van der Waals surface area (Å²) in [7, 11) is 0. The van der Waals surface area contributed by atoms with E-state index in [0.717, 1.165) is 10.9 Å². The Morgan fingerprint density at radius 1 is 1.32 bits per heavy atom. The summed E-state index contributed by atoms with van der Waals surface area (Å²) >= 11 is 0. The van der Waals surface area contributed by atoms with Crippen LogP contribution in [0.4, 0.5) is 0 Å². The molecule has 0 fully saturated rings. The maximum Gasteiger partial charge on any atom is 0.252 e. The third-order valence-electron chi connectivity index (χ3n) is 3.87. The SMILES string of the molecule is CCC(CC)(CO)NC(=O)c1cccc2[nH]ccc12. The number of carbonyl (C=O) groups excluding carboxylic acids is 1. The number of benzene rings is 1. The fraction of sp³-hybridized carbons (Fsp3) is 0.400. The first-order valence-electron chi connectivity index (χ1n) is 6.65. The lowest BCUT2D eigenvalue weighted by molar-refractivity contribution is 0.0819. The zero-order valence-corrected chi connectivity index (χ0v) is 11.4.